The summed E-state index contributed by atoms with van der Waals surface area (Å²) in [5.74, 6) is 2.82. The number of methoxy groups -OCH3 is 1. The molecule has 0 radical (unpaired) electrons. The highest BCUT2D eigenvalue weighted by molar-refractivity contribution is 8.01. The average Bonchev–Trinajstić information content (AvgIpc) is 3.34. The van der Waals surface area contributed by atoms with E-state index in [1.54, 1.807) is 25.1 Å². The van der Waals surface area contributed by atoms with E-state index < -0.39 is 5.25 Å². The number of aromatic nitrogens is 1. The molecule has 4 unspecified atom stereocenters. The molecule has 3 heterocycles. The van der Waals surface area contributed by atoms with Gasteiger partial charge in [0, 0.05) is 50.7 Å². The van der Waals surface area contributed by atoms with Crippen molar-refractivity contribution in [3.63, 3.8) is 0 Å². The maximum atomic E-state index is 14.1. The average molecular weight is 588 g/mol. The Morgan fingerprint density at radius 1 is 1.02 bits per heavy atom. The molecule has 3 fully saturated rings. The van der Waals surface area contributed by atoms with Crippen LogP contribution in [0.4, 0.5) is 5.82 Å². The molecule has 3 aliphatic rings. The number of pyridine rings is 1. The van der Waals surface area contributed by atoms with E-state index in [1.807, 2.05) is 35.2 Å². The molecule has 1 saturated carbocycles. The number of fused-ring (bicyclic) bond motifs is 1. The number of nitrogens with two attached hydrogens (primary N) is 1. The monoisotopic (exact) mass is 587 g/mol. The first kappa shape index (κ1) is 28.8. The third kappa shape index (κ3) is 5.95. The molecule has 8 nitrogen and oxygen atoms in total. The van der Waals surface area contributed by atoms with Crippen molar-refractivity contribution in [3.05, 3.63) is 66.4 Å². The summed E-state index contributed by atoms with van der Waals surface area (Å²) in [6.45, 7) is 4.15. The van der Waals surface area contributed by atoms with Crippen LogP contribution in [0, 0.1) is 11.8 Å². The minimum absolute atomic E-state index is 0.0542. The summed E-state index contributed by atoms with van der Waals surface area (Å²) in [5.41, 5.74) is 7.13. The lowest BCUT2D eigenvalue weighted by molar-refractivity contribution is -0.136. The molecule has 0 spiro atoms. The van der Waals surface area contributed by atoms with Crippen LogP contribution in [-0.2, 0) is 9.59 Å². The number of piperazine rings is 1. The molecular formula is C33H41N5O3S. The van der Waals surface area contributed by atoms with Crippen LogP contribution in [0.5, 0.6) is 5.75 Å². The van der Waals surface area contributed by atoms with Gasteiger partial charge in [-0.3, -0.25) is 9.59 Å². The summed E-state index contributed by atoms with van der Waals surface area (Å²) in [7, 11) is 1.69. The normalized spacial score (nSPS) is 24.8. The Bertz CT molecular complexity index is 1390. The summed E-state index contributed by atoms with van der Waals surface area (Å²) >= 11 is 1.63. The van der Waals surface area contributed by atoms with E-state index in [-0.39, 0.29) is 23.6 Å². The van der Waals surface area contributed by atoms with E-state index in [2.05, 4.69) is 39.0 Å². The molecule has 0 bridgehead atoms. The molecule has 4 atom stereocenters. The van der Waals surface area contributed by atoms with Crippen LogP contribution in [0.25, 0.3) is 10.8 Å². The van der Waals surface area contributed by atoms with Gasteiger partial charge in [-0.15, -0.1) is 11.8 Å². The summed E-state index contributed by atoms with van der Waals surface area (Å²) in [5, 5.41) is 1.55. The van der Waals surface area contributed by atoms with Crippen molar-refractivity contribution < 1.29 is 14.3 Å². The number of ether oxygens (including phenoxy) is 1. The van der Waals surface area contributed by atoms with E-state index in [0.717, 1.165) is 60.3 Å². The van der Waals surface area contributed by atoms with Crippen LogP contribution < -0.4 is 15.4 Å². The molecule has 2 aliphatic heterocycles. The fourth-order valence-electron chi connectivity index (χ4n) is 6.93. The van der Waals surface area contributed by atoms with Gasteiger partial charge in [-0.05, 0) is 66.8 Å². The van der Waals surface area contributed by atoms with E-state index in [9.17, 15) is 9.59 Å². The van der Waals surface area contributed by atoms with Crippen LogP contribution in [0.3, 0.4) is 0 Å². The summed E-state index contributed by atoms with van der Waals surface area (Å²) in [4.78, 5) is 38.3. The van der Waals surface area contributed by atoms with Crippen molar-refractivity contribution in [3.8, 4) is 5.75 Å². The molecule has 3 aromatic rings. The molecule has 9 heteroatoms. The first-order valence-corrected chi connectivity index (χ1v) is 16.2. The number of rotatable bonds is 8. The van der Waals surface area contributed by atoms with Gasteiger partial charge in [0.15, 0.2) is 0 Å². The zero-order chi connectivity index (χ0) is 29.1. The first-order chi connectivity index (χ1) is 20.6. The van der Waals surface area contributed by atoms with Crippen molar-refractivity contribution >= 4 is 40.2 Å². The van der Waals surface area contributed by atoms with E-state index in [1.165, 1.54) is 6.42 Å². The number of carbonyl (C=O) groups is 2. The van der Waals surface area contributed by atoms with Gasteiger partial charge in [0.05, 0.1) is 12.4 Å². The largest absolute Gasteiger partial charge is 0.496 e. The van der Waals surface area contributed by atoms with E-state index in [0.29, 0.717) is 38.0 Å². The number of anilines is 1. The molecule has 1 aromatic heterocycles. The highest BCUT2D eigenvalue weighted by Gasteiger charge is 2.44. The molecule has 2 aromatic carbocycles. The second-order valence-corrected chi connectivity index (χ2v) is 13.1. The lowest BCUT2D eigenvalue weighted by Gasteiger charge is -2.35. The van der Waals surface area contributed by atoms with Gasteiger partial charge in [-0.25, -0.2) is 4.98 Å². The Morgan fingerprint density at radius 3 is 2.55 bits per heavy atom. The standard InChI is InChI=1S/C33H41N5O3S/c1-41-27-12-6-10-25-9-5-11-26(31(25)27)33-38(22-24-8-4-7-23(19-24)21-34)32(40)28(42-33)20-30(39)37-17-15-36(16-18-37)29-13-2-3-14-35-29/h2-3,5-6,9-14,23-24,28,33H,4,7-8,15-22,34H2,1H3. The van der Waals surface area contributed by atoms with Crippen LogP contribution in [0.15, 0.2) is 60.8 Å². The molecule has 222 valence electrons. The zero-order valence-corrected chi connectivity index (χ0v) is 25.2. The lowest BCUT2D eigenvalue weighted by atomic mass is 9.81. The van der Waals surface area contributed by atoms with Crippen molar-refractivity contribution in [1.82, 2.24) is 14.8 Å². The van der Waals surface area contributed by atoms with Crippen molar-refractivity contribution in [2.24, 2.45) is 17.6 Å². The van der Waals surface area contributed by atoms with Gasteiger partial charge in [0.1, 0.15) is 16.9 Å². The number of amides is 2. The maximum Gasteiger partial charge on any atom is 0.237 e. The van der Waals surface area contributed by atoms with E-state index >= 15 is 0 Å². The number of carbonyl (C=O) groups excluding carboxylic acids is 2. The SMILES string of the molecule is COc1cccc2cccc(C3SC(CC(=O)N4CCN(c5ccccn5)CC4)C(=O)N3CC3CCCC(CN)C3)c12. The molecule has 2 amide bonds. The van der Waals surface area contributed by atoms with Gasteiger partial charge in [-0.1, -0.05) is 42.8 Å². The zero-order valence-electron chi connectivity index (χ0n) is 24.4. The van der Waals surface area contributed by atoms with Crippen LogP contribution >= 0.6 is 11.8 Å². The Balaban J connectivity index is 1.22. The minimum atomic E-state index is -0.407. The number of nitrogens with zero attached hydrogens (tertiary/aromatic N) is 4. The molecule has 2 N–H and O–H groups in total. The Kier molecular flexibility index (Phi) is 8.86. The van der Waals surface area contributed by atoms with Crippen molar-refractivity contribution in [1.29, 1.82) is 0 Å². The molecular weight excluding hydrogens is 546 g/mol. The maximum absolute atomic E-state index is 14.1. The molecule has 1 aliphatic carbocycles. The summed E-state index contributed by atoms with van der Waals surface area (Å²) in [6, 6.07) is 18.2. The molecule has 6 rings (SSSR count). The summed E-state index contributed by atoms with van der Waals surface area (Å²) in [6.07, 6.45) is 6.51. The Hall–Kier alpha value is -3.30. The highest BCUT2D eigenvalue weighted by atomic mass is 32.2. The summed E-state index contributed by atoms with van der Waals surface area (Å²) < 4.78 is 5.78. The number of hydrogen-bond acceptors (Lipinski definition) is 7. The van der Waals surface area contributed by atoms with Gasteiger partial charge in [-0.2, -0.15) is 0 Å². The lowest BCUT2D eigenvalue weighted by Crippen LogP contribution is -2.49. The molecule has 42 heavy (non-hydrogen) atoms. The predicted octanol–water partition coefficient (Wildman–Crippen LogP) is 4.69. The fourth-order valence-corrected chi connectivity index (χ4v) is 8.42. The third-order valence-electron chi connectivity index (χ3n) is 9.16. The predicted molar refractivity (Wildman–Crippen MR) is 168 cm³/mol. The van der Waals surface area contributed by atoms with Crippen LogP contribution in [0.2, 0.25) is 0 Å². The smallest absolute Gasteiger partial charge is 0.237 e. The topological polar surface area (TPSA) is 92.0 Å². The van der Waals surface area contributed by atoms with Gasteiger partial charge in [0.25, 0.3) is 0 Å². The highest BCUT2D eigenvalue weighted by Crippen LogP contribution is 2.48. The van der Waals surface area contributed by atoms with Crippen molar-refractivity contribution in [2.75, 3.05) is 51.3 Å². The third-order valence-corrected chi connectivity index (χ3v) is 10.6. The van der Waals surface area contributed by atoms with Gasteiger partial charge in [0.2, 0.25) is 11.8 Å². The first-order valence-electron chi connectivity index (χ1n) is 15.2. The number of benzene rings is 2. The fraction of sp³-hybridized carbons (Fsp3) is 0.485. The van der Waals surface area contributed by atoms with E-state index in [4.69, 9.17) is 10.5 Å². The van der Waals surface area contributed by atoms with Crippen LogP contribution in [0.1, 0.15) is 43.0 Å². The van der Waals surface area contributed by atoms with Gasteiger partial charge >= 0.3 is 0 Å². The van der Waals surface area contributed by atoms with Gasteiger partial charge < -0.3 is 25.2 Å². The molecule has 2 saturated heterocycles. The van der Waals surface area contributed by atoms with Crippen LogP contribution in [-0.4, -0.2) is 78.2 Å². The Labute approximate surface area is 252 Å². The second kappa shape index (κ2) is 12.9. The second-order valence-electron chi connectivity index (χ2n) is 11.8. The minimum Gasteiger partial charge on any atom is -0.496 e. The number of thioether (sulfide) groups is 1. The van der Waals surface area contributed by atoms with Crippen molar-refractivity contribution in [2.45, 2.75) is 42.7 Å². The number of hydrogen-bond donors (Lipinski definition) is 1. The quantitative estimate of drug-likeness (QED) is 0.409. The Morgan fingerprint density at radius 2 is 1.81 bits per heavy atom.